The normalized spacial score (nSPS) is 12.8. The van der Waals surface area contributed by atoms with Crippen LogP contribution in [-0.2, 0) is 28.6 Å². The van der Waals surface area contributed by atoms with Gasteiger partial charge in [0.25, 0.3) is 0 Å². The Morgan fingerprint density at radius 1 is 0.309 bits per heavy atom. The summed E-state index contributed by atoms with van der Waals surface area (Å²) in [6.07, 6.45) is 73.9. The number of carbonyl (C=O) groups is 3. The highest BCUT2D eigenvalue weighted by Gasteiger charge is 2.19. The van der Waals surface area contributed by atoms with E-state index in [1.54, 1.807) is 0 Å². The van der Waals surface area contributed by atoms with Crippen LogP contribution in [-0.4, -0.2) is 37.2 Å². The van der Waals surface area contributed by atoms with Crippen molar-refractivity contribution in [1.29, 1.82) is 0 Å². The first kappa shape index (κ1) is 64.3. The second-order valence-electron chi connectivity index (χ2n) is 18.5. The van der Waals surface area contributed by atoms with Gasteiger partial charge in [-0.05, 0) is 103 Å². The first-order valence-electron chi connectivity index (χ1n) is 28.2. The van der Waals surface area contributed by atoms with Crippen molar-refractivity contribution in [2.24, 2.45) is 0 Å². The SMILES string of the molecule is CC/C=C\C/C=C\C/C=C\C/C=C\C/C=C\CCCCCC(=O)OC[C@@H](COC(=O)CCCCCCCCCCCCCC)OC(=O)CCCCCCCC/C=C\C/C=C\C/C=C\CCCCC. The quantitative estimate of drug-likeness (QED) is 0.0262. The summed E-state index contributed by atoms with van der Waals surface area (Å²) in [6.45, 7) is 6.46. The third-order valence-corrected chi connectivity index (χ3v) is 11.8. The molecule has 0 aliphatic heterocycles. The number of esters is 3. The van der Waals surface area contributed by atoms with Crippen molar-refractivity contribution in [2.75, 3.05) is 13.2 Å². The fraction of sp³-hybridized carbons (Fsp3) is 0.694. The van der Waals surface area contributed by atoms with Crippen LogP contribution in [0.4, 0.5) is 0 Å². The molecule has 0 aromatic rings. The molecule has 0 heterocycles. The monoisotopic (exact) mass is 945 g/mol. The Kier molecular flexibility index (Phi) is 52.9. The molecule has 0 aliphatic rings. The van der Waals surface area contributed by atoms with Crippen molar-refractivity contribution in [1.82, 2.24) is 0 Å². The maximum atomic E-state index is 12.8. The van der Waals surface area contributed by atoms with Crippen molar-refractivity contribution in [3.63, 3.8) is 0 Å². The predicted octanol–water partition coefficient (Wildman–Crippen LogP) is 18.9. The molecule has 0 spiro atoms. The van der Waals surface area contributed by atoms with Gasteiger partial charge in [-0.2, -0.15) is 0 Å². The lowest BCUT2D eigenvalue weighted by atomic mass is 10.0. The van der Waals surface area contributed by atoms with Crippen LogP contribution < -0.4 is 0 Å². The zero-order chi connectivity index (χ0) is 49.3. The average Bonchev–Trinajstić information content (AvgIpc) is 3.34. The molecule has 0 aromatic heterocycles. The van der Waals surface area contributed by atoms with Gasteiger partial charge in [0.15, 0.2) is 6.10 Å². The van der Waals surface area contributed by atoms with Crippen molar-refractivity contribution in [3.05, 3.63) is 97.2 Å². The molecule has 0 rings (SSSR count). The van der Waals surface area contributed by atoms with Crippen LogP contribution in [0, 0.1) is 0 Å². The molecule has 68 heavy (non-hydrogen) atoms. The summed E-state index contributed by atoms with van der Waals surface area (Å²) in [5.74, 6) is -0.937. The Bertz CT molecular complexity index is 1360. The summed E-state index contributed by atoms with van der Waals surface area (Å²) < 4.78 is 16.8. The van der Waals surface area contributed by atoms with Gasteiger partial charge in [0, 0.05) is 19.3 Å². The first-order valence-corrected chi connectivity index (χ1v) is 28.2. The molecular weight excluding hydrogens is 841 g/mol. The molecule has 0 N–H and O–H groups in total. The number of carbonyl (C=O) groups excluding carboxylic acids is 3. The van der Waals surface area contributed by atoms with Crippen molar-refractivity contribution in [3.8, 4) is 0 Å². The largest absolute Gasteiger partial charge is 0.462 e. The summed E-state index contributed by atoms with van der Waals surface area (Å²) in [6, 6.07) is 0. The Labute approximate surface area is 419 Å². The molecule has 0 fully saturated rings. The van der Waals surface area contributed by atoms with E-state index in [9.17, 15) is 14.4 Å². The highest BCUT2D eigenvalue weighted by molar-refractivity contribution is 5.71. The molecule has 6 nitrogen and oxygen atoms in total. The zero-order valence-electron chi connectivity index (χ0n) is 44.3. The Morgan fingerprint density at radius 2 is 0.574 bits per heavy atom. The van der Waals surface area contributed by atoms with Crippen molar-refractivity contribution >= 4 is 17.9 Å². The van der Waals surface area contributed by atoms with Crippen LogP contribution in [0.2, 0.25) is 0 Å². The fourth-order valence-corrected chi connectivity index (χ4v) is 7.59. The van der Waals surface area contributed by atoms with E-state index in [1.165, 1.54) is 96.3 Å². The van der Waals surface area contributed by atoms with E-state index in [0.717, 1.165) is 122 Å². The van der Waals surface area contributed by atoms with Crippen LogP contribution >= 0.6 is 0 Å². The number of ether oxygens (including phenoxy) is 3. The van der Waals surface area contributed by atoms with Gasteiger partial charge in [-0.3, -0.25) is 14.4 Å². The van der Waals surface area contributed by atoms with Crippen LogP contribution in [0.25, 0.3) is 0 Å². The van der Waals surface area contributed by atoms with E-state index in [2.05, 4.69) is 118 Å². The van der Waals surface area contributed by atoms with E-state index < -0.39 is 6.10 Å². The summed E-state index contributed by atoms with van der Waals surface area (Å²) in [7, 11) is 0. The van der Waals surface area contributed by atoms with Gasteiger partial charge >= 0.3 is 17.9 Å². The molecule has 0 saturated heterocycles. The second kappa shape index (κ2) is 55.9. The minimum absolute atomic E-state index is 0.0926. The summed E-state index contributed by atoms with van der Waals surface area (Å²) >= 11 is 0. The minimum atomic E-state index is -0.798. The topological polar surface area (TPSA) is 78.9 Å². The maximum absolute atomic E-state index is 12.8. The third-order valence-electron chi connectivity index (χ3n) is 11.8. The number of hydrogen-bond acceptors (Lipinski definition) is 6. The molecule has 6 heteroatoms. The van der Waals surface area contributed by atoms with E-state index in [1.807, 2.05) is 0 Å². The van der Waals surface area contributed by atoms with Gasteiger partial charge < -0.3 is 14.2 Å². The average molecular weight is 946 g/mol. The van der Waals surface area contributed by atoms with E-state index in [-0.39, 0.29) is 31.1 Å². The molecule has 0 aromatic carbocycles. The number of hydrogen-bond donors (Lipinski definition) is 0. The third kappa shape index (κ3) is 53.3. The van der Waals surface area contributed by atoms with Crippen LogP contribution in [0.3, 0.4) is 0 Å². The van der Waals surface area contributed by atoms with Crippen molar-refractivity contribution < 1.29 is 28.6 Å². The Balaban J connectivity index is 4.46. The smallest absolute Gasteiger partial charge is 0.306 e. The number of allylic oxidation sites excluding steroid dienone is 16. The van der Waals surface area contributed by atoms with Crippen LogP contribution in [0.5, 0.6) is 0 Å². The standard InChI is InChI=1S/C62H104O6/c1-4-7-10-13-16-19-22-25-27-29-31-33-35-37-40-43-46-49-52-55-61(64)67-58-59(57-66-60(63)54-51-48-45-42-39-24-21-18-15-12-9-6-3)68-62(65)56-53-50-47-44-41-38-36-34-32-30-28-26-23-20-17-14-11-8-5-2/h7,10,16-17,19-20,25-28,31-34,37,40,59H,4-6,8-9,11-15,18,21-24,29-30,35-36,38-39,41-58H2,1-3H3/b10-7-,19-16-,20-17-,27-25-,28-26-,33-31-,34-32-,40-37-/t59-/m1/s1. The minimum Gasteiger partial charge on any atom is -0.462 e. The van der Waals surface area contributed by atoms with Gasteiger partial charge in [-0.25, -0.2) is 0 Å². The molecule has 0 saturated carbocycles. The van der Waals surface area contributed by atoms with Gasteiger partial charge in [-0.1, -0.05) is 234 Å². The first-order chi connectivity index (χ1) is 33.5. The van der Waals surface area contributed by atoms with Crippen molar-refractivity contribution in [2.45, 2.75) is 264 Å². The van der Waals surface area contributed by atoms with Gasteiger partial charge in [-0.15, -0.1) is 0 Å². The van der Waals surface area contributed by atoms with Crippen LogP contribution in [0.15, 0.2) is 97.2 Å². The molecule has 0 unspecified atom stereocenters. The molecule has 0 radical (unpaired) electrons. The number of unbranched alkanes of at least 4 members (excludes halogenated alkanes) is 23. The van der Waals surface area contributed by atoms with E-state index >= 15 is 0 Å². The molecule has 1 atom stereocenters. The lowest BCUT2D eigenvalue weighted by Crippen LogP contribution is -2.30. The molecule has 388 valence electrons. The van der Waals surface area contributed by atoms with Gasteiger partial charge in [0.2, 0.25) is 0 Å². The molecule has 0 aliphatic carbocycles. The lowest BCUT2D eigenvalue weighted by molar-refractivity contribution is -0.167. The number of rotatable bonds is 50. The molecular formula is C62H104O6. The summed E-state index contributed by atoms with van der Waals surface area (Å²) in [5, 5.41) is 0. The van der Waals surface area contributed by atoms with Gasteiger partial charge in [0.1, 0.15) is 13.2 Å². The molecule has 0 amide bonds. The second-order valence-corrected chi connectivity index (χ2v) is 18.5. The summed E-state index contributed by atoms with van der Waals surface area (Å²) in [4.78, 5) is 38.1. The van der Waals surface area contributed by atoms with Gasteiger partial charge in [0.05, 0.1) is 0 Å². The zero-order valence-corrected chi connectivity index (χ0v) is 44.3. The maximum Gasteiger partial charge on any atom is 0.306 e. The Morgan fingerprint density at radius 3 is 0.941 bits per heavy atom. The van der Waals surface area contributed by atoms with Crippen LogP contribution in [0.1, 0.15) is 258 Å². The predicted molar refractivity (Wildman–Crippen MR) is 293 cm³/mol. The lowest BCUT2D eigenvalue weighted by Gasteiger charge is -2.18. The summed E-state index contributed by atoms with van der Waals surface area (Å²) in [5.41, 5.74) is 0. The highest BCUT2D eigenvalue weighted by Crippen LogP contribution is 2.15. The molecule has 0 bridgehead atoms. The Hall–Kier alpha value is -3.67. The van der Waals surface area contributed by atoms with E-state index in [0.29, 0.717) is 19.3 Å². The highest BCUT2D eigenvalue weighted by atomic mass is 16.6. The van der Waals surface area contributed by atoms with E-state index in [4.69, 9.17) is 14.2 Å². The fourth-order valence-electron chi connectivity index (χ4n) is 7.59.